The molecule has 0 spiro atoms. The molecule has 3 aromatic rings. The fourth-order valence-electron chi connectivity index (χ4n) is 3.71. The van der Waals surface area contributed by atoms with Crippen LogP contribution in [0.15, 0.2) is 73.1 Å². The Kier molecular flexibility index (Phi) is 2.09. The summed E-state index contributed by atoms with van der Waals surface area (Å²) in [6.07, 6.45) is 3.74. The number of rotatable bonds is 1. The van der Waals surface area contributed by atoms with Crippen molar-refractivity contribution in [1.29, 1.82) is 0 Å². The summed E-state index contributed by atoms with van der Waals surface area (Å²) in [7, 11) is 0. The number of benzene rings is 2. The van der Waals surface area contributed by atoms with Crippen molar-refractivity contribution in [3.8, 4) is 11.1 Å². The van der Waals surface area contributed by atoms with E-state index in [1.807, 2.05) is 12.4 Å². The topological polar surface area (TPSA) is 15.9 Å². The number of hydrogen-bond donors (Lipinski definition) is 0. The number of hydrogen-bond acceptors (Lipinski definition) is 2. The first-order valence-electron chi connectivity index (χ1n) is 7.32. The maximum absolute atomic E-state index is 4.13. The lowest BCUT2D eigenvalue weighted by atomic mass is 9.86. The van der Waals surface area contributed by atoms with Crippen LogP contribution in [0, 0.1) is 0 Å². The van der Waals surface area contributed by atoms with Gasteiger partial charge in [-0.2, -0.15) is 0 Å². The first-order chi connectivity index (χ1) is 10.4. The lowest BCUT2D eigenvalue weighted by Gasteiger charge is -2.16. The molecule has 0 bridgehead atoms. The van der Waals surface area contributed by atoms with E-state index in [1.54, 1.807) is 0 Å². The van der Waals surface area contributed by atoms with E-state index >= 15 is 0 Å². The van der Waals surface area contributed by atoms with Gasteiger partial charge in [-0.3, -0.25) is 4.98 Å². The van der Waals surface area contributed by atoms with Gasteiger partial charge in [0.15, 0.2) is 0 Å². The summed E-state index contributed by atoms with van der Waals surface area (Å²) in [6, 6.07) is 22.7. The molecule has 2 nitrogen and oxygen atoms in total. The Labute approximate surface area is 123 Å². The maximum Gasteiger partial charge on any atom is 0.0802 e. The monoisotopic (exact) mass is 270 g/mol. The summed E-state index contributed by atoms with van der Waals surface area (Å²) >= 11 is 0. The van der Waals surface area contributed by atoms with Crippen molar-refractivity contribution >= 4 is 5.69 Å². The molecular weight excluding hydrogens is 256 g/mol. The van der Waals surface area contributed by atoms with Gasteiger partial charge in [0.25, 0.3) is 0 Å². The third-order valence-electron chi connectivity index (χ3n) is 4.62. The normalized spacial score (nSPS) is 21.2. The molecular formula is C19H14N2. The minimum absolute atomic E-state index is 0.471. The zero-order chi connectivity index (χ0) is 13.8. The van der Waals surface area contributed by atoms with Crippen LogP contribution in [0.2, 0.25) is 0 Å². The molecule has 2 heterocycles. The van der Waals surface area contributed by atoms with Crippen molar-refractivity contribution in [3.63, 3.8) is 0 Å². The van der Waals surface area contributed by atoms with Crippen LogP contribution in [0.3, 0.4) is 0 Å². The van der Waals surface area contributed by atoms with Gasteiger partial charge in [-0.1, -0.05) is 48.5 Å². The molecule has 1 saturated heterocycles. The molecule has 2 aliphatic rings. The van der Waals surface area contributed by atoms with Crippen LogP contribution in [-0.2, 0) is 0 Å². The van der Waals surface area contributed by atoms with Gasteiger partial charge in [0, 0.05) is 18.1 Å². The van der Waals surface area contributed by atoms with E-state index in [0.29, 0.717) is 12.1 Å². The highest BCUT2D eigenvalue weighted by atomic mass is 15.4. The summed E-state index contributed by atoms with van der Waals surface area (Å²) in [6.45, 7) is 0. The van der Waals surface area contributed by atoms with Gasteiger partial charge in [-0.05, 0) is 34.4 Å². The van der Waals surface area contributed by atoms with Crippen molar-refractivity contribution in [2.45, 2.75) is 12.1 Å². The lowest BCUT2D eigenvalue weighted by molar-refractivity contribution is 1.01. The third-order valence-corrected chi connectivity index (χ3v) is 4.62. The van der Waals surface area contributed by atoms with Crippen molar-refractivity contribution in [1.82, 2.24) is 4.98 Å². The Morgan fingerprint density at radius 1 is 0.667 bits per heavy atom. The predicted molar refractivity (Wildman–Crippen MR) is 84.1 cm³/mol. The molecule has 2 unspecified atom stereocenters. The van der Waals surface area contributed by atoms with E-state index in [4.69, 9.17) is 0 Å². The summed E-state index contributed by atoms with van der Waals surface area (Å²) in [5.41, 5.74) is 6.90. The number of nitrogens with zero attached hydrogens (tertiary/aromatic N) is 2. The van der Waals surface area contributed by atoms with Crippen molar-refractivity contribution < 1.29 is 0 Å². The smallest absolute Gasteiger partial charge is 0.0802 e. The molecule has 0 amide bonds. The largest absolute Gasteiger partial charge is 0.352 e. The quantitative estimate of drug-likeness (QED) is 0.610. The highest BCUT2D eigenvalue weighted by molar-refractivity contribution is 5.81. The highest BCUT2D eigenvalue weighted by Gasteiger charge is 2.53. The molecule has 1 aliphatic carbocycles. The molecule has 1 aromatic heterocycles. The number of anilines is 1. The fourth-order valence-corrected chi connectivity index (χ4v) is 3.71. The van der Waals surface area contributed by atoms with Crippen LogP contribution >= 0.6 is 0 Å². The van der Waals surface area contributed by atoms with Crippen LogP contribution in [-0.4, -0.2) is 4.98 Å². The molecule has 0 radical (unpaired) electrons. The van der Waals surface area contributed by atoms with Crippen molar-refractivity contribution in [3.05, 3.63) is 84.2 Å². The SMILES string of the molecule is c1ccc2c(c1)-c1ccccc1C1C2N1c1ccncc1. The van der Waals surface area contributed by atoms with E-state index in [2.05, 4.69) is 70.5 Å². The standard InChI is InChI=1S/C19H14N2/c1-3-7-16-14(5-1)15-6-2-4-8-17(15)19-18(16)21(19)13-9-11-20-12-10-13/h1-12,18-19H. The zero-order valence-corrected chi connectivity index (χ0v) is 11.5. The third kappa shape index (κ3) is 1.44. The summed E-state index contributed by atoms with van der Waals surface area (Å²) in [5, 5.41) is 0. The second-order valence-electron chi connectivity index (χ2n) is 5.68. The first-order valence-corrected chi connectivity index (χ1v) is 7.32. The molecule has 2 aromatic carbocycles. The average Bonchev–Trinajstić information content (AvgIpc) is 3.32. The van der Waals surface area contributed by atoms with Crippen LogP contribution in [0.25, 0.3) is 11.1 Å². The van der Waals surface area contributed by atoms with Crippen LogP contribution in [0.1, 0.15) is 23.2 Å². The van der Waals surface area contributed by atoms with Crippen LogP contribution < -0.4 is 4.90 Å². The number of aromatic nitrogens is 1. The van der Waals surface area contributed by atoms with E-state index in [-0.39, 0.29) is 0 Å². The Bertz CT molecular complexity index is 767. The minimum Gasteiger partial charge on any atom is -0.352 e. The summed E-state index contributed by atoms with van der Waals surface area (Å²) in [4.78, 5) is 6.63. The molecule has 100 valence electrons. The van der Waals surface area contributed by atoms with Gasteiger partial charge in [0.1, 0.15) is 0 Å². The van der Waals surface area contributed by atoms with E-state index in [1.165, 1.54) is 27.9 Å². The van der Waals surface area contributed by atoms with Gasteiger partial charge < -0.3 is 4.90 Å². The minimum atomic E-state index is 0.471. The molecule has 2 heteroatoms. The second kappa shape index (κ2) is 3.95. The number of fused-ring (bicyclic) bond motifs is 6. The van der Waals surface area contributed by atoms with Crippen LogP contribution in [0.5, 0.6) is 0 Å². The van der Waals surface area contributed by atoms with Gasteiger partial charge in [0.05, 0.1) is 12.1 Å². The number of pyridine rings is 1. The van der Waals surface area contributed by atoms with Gasteiger partial charge in [0.2, 0.25) is 0 Å². The zero-order valence-electron chi connectivity index (χ0n) is 11.5. The lowest BCUT2D eigenvalue weighted by Crippen LogP contribution is -1.98. The van der Waals surface area contributed by atoms with E-state index < -0.39 is 0 Å². The fraction of sp³-hybridized carbons (Fsp3) is 0.105. The molecule has 5 rings (SSSR count). The predicted octanol–water partition coefficient (Wildman–Crippen LogP) is 4.36. The molecule has 1 fully saturated rings. The van der Waals surface area contributed by atoms with Gasteiger partial charge >= 0.3 is 0 Å². The molecule has 1 aliphatic heterocycles. The summed E-state index contributed by atoms with van der Waals surface area (Å²) < 4.78 is 0. The average molecular weight is 270 g/mol. The van der Waals surface area contributed by atoms with Gasteiger partial charge in [-0.15, -0.1) is 0 Å². The molecule has 2 atom stereocenters. The highest BCUT2D eigenvalue weighted by Crippen LogP contribution is 2.63. The Morgan fingerprint density at radius 3 is 1.76 bits per heavy atom. The first kappa shape index (κ1) is 11.1. The maximum atomic E-state index is 4.13. The van der Waals surface area contributed by atoms with Gasteiger partial charge in [-0.25, -0.2) is 0 Å². The van der Waals surface area contributed by atoms with Crippen molar-refractivity contribution in [2.24, 2.45) is 0 Å². The van der Waals surface area contributed by atoms with Crippen LogP contribution in [0.4, 0.5) is 5.69 Å². The molecule has 0 N–H and O–H groups in total. The van der Waals surface area contributed by atoms with E-state index in [9.17, 15) is 0 Å². The Balaban J connectivity index is 1.73. The molecule has 0 saturated carbocycles. The summed E-state index contributed by atoms with van der Waals surface area (Å²) in [5.74, 6) is 0. The Morgan fingerprint density at radius 2 is 1.19 bits per heavy atom. The second-order valence-corrected chi connectivity index (χ2v) is 5.68. The molecule has 21 heavy (non-hydrogen) atoms. The van der Waals surface area contributed by atoms with Crippen molar-refractivity contribution in [2.75, 3.05) is 4.90 Å². The van der Waals surface area contributed by atoms with E-state index in [0.717, 1.165) is 0 Å². The Hall–Kier alpha value is -2.61.